The molecule has 0 spiro atoms. The van der Waals surface area contributed by atoms with Crippen LogP contribution < -0.4 is 19.7 Å². The van der Waals surface area contributed by atoms with Gasteiger partial charge in [-0.25, -0.2) is 0 Å². The van der Waals surface area contributed by atoms with E-state index in [0.717, 1.165) is 16.8 Å². The molecule has 0 aliphatic carbocycles. The number of hydrogen-bond acceptors (Lipinski definition) is 4. The summed E-state index contributed by atoms with van der Waals surface area (Å²) in [7, 11) is 3.13. The lowest BCUT2D eigenvalue weighted by Crippen LogP contribution is -2.29. The standard InChI is InChI=1S/C23H28N2O4/c1-14(2)18-8-6-7-15(3)22(18)24-23(27)16-11-21(26)25(13-16)19-12-17(28-4)9-10-20(19)29-5/h6-10,12,14,16H,11,13H2,1-5H3,(H,24,27). The average molecular weight is 396 g/mol. The third-order valence-electron chi connectivity index (χ3n) is 5.35. The lowest BCUT2D eigenvalue weighted by atomic mass is 9.97. The summed E-state index contributed by atoms with van der Waals surface area (Å²) in [4.78, 5) is 27.3. The number of anilines is 2. The summed E-state index contributed by atoms with van der Waals surface area (Å²) < 4.78 is 10.7. The molecule has 1 aliphatic rings. The first-order valence-corrected chi connectivity index (χ1v) is 9.78. The molecule has 2 aromatic rings. The molecule has 154 valence electrons. The minimum absolute atomic E-state index is 0.106. The Hall–Kier alpha value is -3.02. The van der Waals surface area contributed by atoms with Crippen LogP contribution in [0.15, 0.2) is 36.4 Å². The van der Waals surface area contributed by atoms with E-state index in [-0.39, 0.29) is 24.2 Å². The lowest BCUT2D eigenvalue weighted by Gasteiger charge is -2.21. The summed E-state index contributed by atoms with van der Waals surface area (Å²) >= 11 is 0. The highest BCUT2D eigenvalue weighted by molar-refractivity contribution is 6.04. The topological polar surface area (TPSA) is 67.9 Å². The summed E-state index contributed by atoms with van der Waals surface area (Å²) in [6.45, 7) is 6.48. The van der Waals surface area contributed by atoms with Crippen LogP contribution in [0.5, 0.6) is 11.5 Å². The molecule has 0 radical (unpaired) electrons. The molecule has 1 atom stereocenters. The highest BCUT2D eigenvalue weighted by atomic mass is 16.5. The minimum atomic E-state index is -0.432. The zero-order chi connectivity index (χ0) is 21.1. The highest BCUT2D eigenvalue weighted by Crippen LogP contribution is 2.36. The van der Waals surface area contributed by atoms with Gasteiger partial charge in [-0.1, -0.05) is 32.0 Å². The summed E-state index contributed by atoms with van der Waals surface area (Å²) in [6, 6.07) is 11.3. The fourth-order valence-electron chi connectivity index (χ4n) is 3.69. The molecule has 1 heterocycles. The van der Waals surface area contributed by atoms with E-state index in [4.69, 9.17) is 9.47 Å². The molecular formula is C23H28N2O4. The Morgan fingerprint density at radius 1 is 1.17 bits per heavy atom. The fraction of sp³-hybridized carbons (Fsp3) is 0.391. The van der Waals surface area contributed by atoms with Gasteiger partial charge < -0.3 is 19.7 Å². The van der Waals surface area contributed by atoms with Gasteiger partial charge in [-0.2, -0.15) is 0 Å². The largest absolute Gasteiger partial charge is 0.497 e. The van der Waals surface area contributed by atoms with Crippen LogP contribution in [0.1, 0.15) is 37.3 Å². The molecular weight excluding hydrogens is 368 g/mol. The Morgan fingerprint density at radius 2 is 1.93 bits per heavy atom. The van der Waals surface area contributed by atoms with Crippen molar-refractivity contribution in [2.45, 2.75) is 33.1 Å². The van der Waals surface area contributed by atoms with Crippen molar-refractivity contribution in [3.63, 3.8) is 0 Å². The Balaban J connectivity index is 1.82. The molecule has 3 rings (SSSR count). The molecule has 2 aromatic carbocycles. The Labute approximate surface area is 171 Å². The quantitative estimate of drug-likeness (QED) is 0.797. The molecule has 6 nitrogen and oxygen atoms in total. The molecule has 6 heteroatoms. The van der Waals surface area contributed by atoms with Gasteiger partial charge in [0.25, 0.3) is 0 Å². The van der Waals surface area contributed by atoms with Crippen molar-refractivity contribution in [1.82, 2.24) is 0 Å². The third-order valence-corrected chi connectivity index (χ3v) is 5.35. The summed E-state index contributed by atoms with van der Waals surface area (Å²) in [5.74, 6) is 0.805. The maximum Gasteiger partial charge on any atom is 0.229 e. The zero-order valence-corrected chi connectivity index (χ0v) is 17.6. The molecule has 1 N–H and O–H groups in total. The average Bonchev–Trinajstić information content (AvgIpc) is 3.10. The Bertz CT molecular complexity index is 923. The Kier molecular flexibility index (Phi) is 6.11. The van der Waals surface area contributed by atoms with Crippen molar-refractivity contribution < 1.29 is 19.1 Å². The van der Waals surface area contributed by atoms with Crippen LogP contribution in [0.4, 0.5) is 11.4 Å². The first-order valence-electron chi connectivity index (χ1n) is 9.78. The van der Waals surface area contributed by atoms with Crippen molar-refractivity contribution in [3.8, 4) is 11.5 Å². The SMILES string of the molecule is COc1ccc(OC)c(N2CC(C(=O)Nc3c(C)cccc3C(C)C)CC2=O)c1. The van der Waals surface area contributed by atoms with E-state index in [2.05, 4.69) is 19.2 Å². The predicted octanol–water partition coefficient (Wildman–Crippen LogP) is 4.13. The molecule has 0 bridgehead atoms. The van der Waals surface area contributed by atoms with Crippen molar-refractivity contribution in [1.29, 1.82) is 0 Å². The van der Waals surface area contributed by atoms with E-state index in [1.807, 2.05) is 25.1 Å². The van der Waals surface area contributed by atoms with Crippen molar-refractivity contribution in [2.75, 3.05) is 31.0 Å². The number of ether oxygens (including phenoxy) is 2. The van der Waals surface area contributed by atoms with Gasteiger partial charge in [0.1, 0.15) is 11.5 Å². The van der Waals surface area contributed by atoms with E-state index in [0.29, 0.717) is 23.7 Å². The molecule has 1 aliphatic heterocycles. The summed E-state index contributed by atoms with van der Waals surface area (Å²) in [6.07, 6.45) is 0.162. The summed E-state index contributed by atoms with van der Waals surface area (Å²) in [5.41, 5.74) is 3.57. The number of hydrogen-bond donors (Lipinski definition) is 1. The van der Waals surface area contributed by atoms with E-state index in [1.165, 1.54) is 0 Å². The smallest absolute Gasteiger partial charge is 0.229 e. The van der Waals surface area contributed by atoms with Crippen LogP contribution in [0, 0.1) is 12.8 Å². The van der Waals surface area contributed by atoms with Crippen LogP contribution >= 0.6 is 0 Å². The summed E-state index contributed by atoms with van der Waals surface area (Å²) in [5, 5.41) is 3.07. The number of nitrogens with one attached hydrogen (secondary N) is 1. The van der Waals surface area contributed by atoms with Crippen LogP contribution in [0.25, 0.3) is 0 Å². The zero-order valence-electron chi connectivity index (χ0n) is 17.6. The number of aryl methyl sites for hydroxylation is 1. The minimum Gasteiger partial charge on any atom is -0.497 e. The second kappa shape index (κ2) is 8.55. The molecule has 0 aromatic heterocycles. The third kappa shape index (κ3) is 4.21. The maximum absolute atomic E-state index is 13.0. The fourth-order valence-corrected chi connectivity index (χ4v) is 3.69. The lowest BCUT2D eigenvalue weighted by molar-refractivity contribution is -0.122. The second-order valence-electron chi connectivity index (χ2n) is 7.63. The van der Waals surface area contributed by atoms with Crippen LogP contribution in [0.3, 0.4) is 0 Å². The number of nitrogens with zero attached hydrogens (tertiary/aromatic N) is 1. The van der Waals surface area contributed by atoms with E-state index < -0.39 is 5.92 Å². The van der Waals surface area contributed by atoms with Gasteiger partial charge in [0.15, 0.2) is 0 Å². The number of carbonyl (C=O) groups is 2. The van der Waals surface area contributed by atoms with Gasteiger partial charge in [0, 0.05) is 24.7 Å². The van der Waals surface area contributed by atoms with Gasteiger partial charge in [0.05, 0.1) is 25.8 Å². The molecule has 1 fully saturated rings. The second-order valence-corrected chi connectivity index (χ2v) is 7.63. The monoisotopic (exact) mass is 396 g/mol. The van der Waals surface area contributed by atoms with E-state index in [9.17, 15) is 9.59 Å². The first kappa shape index (κ1) is 20.7. The normalized spacial score (nSPS) is 16.3. The van der Waals surface area contributed by atoms with Crippen LogP contribution in [-0.2, 0) is 9.59 Å². The predicted molar refractivity (Wildman–Crippen MR) is 114 cm³/mol. The highest BCUT2D eigenvalue weighted by Gasteiger charge is 2.36. The molecule has 1 saturated heterocycles. The number of carbonyl (C=O) groups excluding carboxylic acids is 2. The number of benzene rings is 2. The van der Waals surface area contributed by atoms with Gasteiger partial charge in [0.2, 0.25) is 11.8 Å². The van der Waals surface area contributed by atoms with Gasteiger partial charge in [-0.05, 0) is 36.1 Å². The molecule has 0 saturated carbocycles. The van der Waals surface area contributed by atoms with Crippen LogP contribution in [0.2, 0.25) is 0 Å². The van der Waals surface area contributed by atoms with E-state index >= 15 is 0 Å². The number of methoxy groups -OCH3 is 2. The molecule has 2 amide bonds. The number of para-hydroxylation sites is 1. The van der Waals surface area contributed by atoms with Crippen molar-refractivity contribution in [3.05, 3.63) is 47.5 Å². The molecule has 29 heavy (non-hydrogen) atoms. The first-order chi connectivity index (χ1) is 13.8. The number of rotatable bonds is 6. The van der Waals surface area contributed by atoms with E-state index in [1.54, 1.807) is 37.3 Å². The van der Waals surface area contributed by atoms with Crippen LogP contribution in [-0.4, -0.2) is 32.6 Å². The van der Waals surface area contributed by atoms with Gasteiger partial charge in [-0.15, -0.1) is 0 Å². The Morgan fingerprint density at radius 3 is 2.59 bits per heavy atom. The van der Waals surface area contributed by atoms with Crippen molar-refractivity contribution in [2.24, 2.45) is 5.92 Å². The van der Waals surface area contributed by atoms with Gasteiger partial charge >= 0.3 is 0 Å². The van der Waals surface area contributed by atoms with Gasteiger partial charge in [-0.3, -0.25) is 9.59 Å². The van der Waals surface area contributed by atoms with Crippen molar-refractivity contribution >= 4 is 23.2 Å². The number of amides is 2. The molecule has 1 unspecified atom stereocenters. The maximum atomic E-state index is 13.0.